The molecule has 0 radical (unpaired) electrons. The zero-order valence-electron chi connectivity index (χ0n) is 15.8. The van der Waals surface area contributed by atoms with Crippen molar-refractivity contribution in [2.75, 3.05) is 44.9 Å². The molecule has 8 heteroatoms. The summed E-state index contributed by atoms with van der Waals surface area (Å²) in [5, 5.41) is 2.77. The molecule has 0 aliphatic rings. The zero-order chi connectivity index (χ0) is 19.9. The maximum atomic E-state index is 12.6. The van der Waals surface area contributed by atoms with Crippen LogP contribution in [0, 0.1) is 0 Å². The maximum Gasteiger partial charge on any atom is 0.243 e. The SMILES string of the molecule is CSc1ccc(S(=O)(=O)N(C)CC(=O)NCCN(C)c2ccccc2)cc1. The lowest BCUT2D eigenvalue weighted by Crippen LogP contribution is -2.40. The van der Waals surface area contributed by atoms with Gasteiger partial charge in [0, 0.05) is 37.8 Å². The van der Waals surface area contributed by atoms with E-state index >= 15 is 0 Å². The smallest absolute Gasteiger partial charge is 0.243 e. The fraction of sp³-hybridized carbons (Fsp3) is 0.316. The Morgan fingerprint density at radius 3 is 2.26 bits per heavy atom. The Hall–Kier alpha value is -2.03. The fourth-order valence-corrected chi connectivity index (χ4v) is 3.98. The van der Waals surface area contributed by atoms with Gasteiger partial charge in [0.05, 0.1) is 11.4 Å². The molecule has 2 rings (SSSR count). The van der Waals surface area contributed by atoms with Crippen molar-refractivity contribution in [3.05, 3.63) is 54.6 Å². The number of benzene rings is 2. The number of hydrogen-bond donors (Lipinski definition) is 1. The molecule has 0 aliphatic carbocycles. The average Bonchev–Trinajstić information content (AvgIpc) is 2.68. The van der Waals surface area contributed by atoms with Crippen molar-refractivity contribution in [1.82, 2.24) is 9.62 Å². The number of rotatable bonds is 9. The Bertz CT molecular complexity index is 840. The molecule has 0 aromatic heterocycles. The molecule has 0 heterocycles. The summed E-state index contributed by atoms with van der Waals surface area (Å²) in [4.78, 5) is 15.3. The van der Waals surface area contributed by atoms with Gasteiger partial charge in [-0.05, 0) is 42.7 Å². The number of sulfonamides is 1. The molecule has 0 bridgehead atoms. The van der Waals surface area contributed by atoms with Gasteiger partial charge in [-0.2, -0.15) is 4.31 Å². The predicted octanol–water partition coefficient (Wildman–Crippen LogP) is 2.28. The van der Waals surface area contributed by atoms with Gasteiger partial charge in [0.1, 0.15) is 0 Å². The molecule has 6 nitrogen and oxygen atoms in total. The van der Waals surface area contributed by atoms with Crippen LogP contribution in [0.15, 0.2) is 64.4 Å². The van der Waals surface area contributed by atoms with E-state index in [2.05, 4.69) is 5.32 Å². The molecular weight excluding hydrogens is 382 g/mol. The molecule has 146 valence electrons. The fourth-order valence-electron chi connectivity index (χ4n) is 2.45. The lowest BCUT2D eigenvalue weighted by atomic mass is 10.3. The average molecular weight is 408 g/mol. The Labute approximate surface area is 165 Å². The normalized spacial score (nSPS) is 11.4. The number of nitrogens with one attached hydrogen (secondary N) is 1. The van der Waals surface area contributed by atoms with Gasteiger partial charge in [0.25, 0.3) is 0 Å². The minimum absolute atomic E-state index is 0.180. The third-order valence-corrected chi connectivity index (χ3v) is 6.66. The van der Waals surface area contributed by atoms with E-state index in [9.17, 15) is 13.2 Å². The second kappa shape index (κ2) is 9.77. The first-order chi connectivity index (χ1) is 12.8. The van der Waals surface area contributed by atoms with E-state index in [4.69, 9.17) is 0 Å². The Balaban J connectivity index is 1.85. The van der Waals surface area contributed by atoms with Crippen molar-refractivity contribution in [2.45, 2.75) is 9.79 Å². The van der Waals surface area contributed by atoms with Gasteiger partial charge in [-0.25, -0.2) is 8.42 Å². The molecule has 0 fully saturated rings. The van der Waals surface area contributed by atoms with Crippen LogP contribution < -0.4 is 10.2 Å². The van der Waals surface area contributed by atoms with E-state index in [1.807, 2.05) is 48.5 Å². The number of hydrogen-bond acceptors (Lipinski definition) is 5. The van der Waals surface area contributed by atoms with Crippen LogP contribution in [0.4, 0.5) is 5.69 Å². The number of carbonyl (C=O) groups is 1. The topological polar surface area (TPSA) is 69.7 Å². The third-order valence-electron chi connectivity index (χ3n) is 4.10. The number of amides is 1. The van der Waals surface area contributed by atoms with Crippen LogP contribution in [0.1, 0.15) is 0 Å². The van der Waals surface area contributed by atoms with Crippen LogP contribution in [0.5, 0.6) is 0 Å². The number of anilines is 1. The van der Waals surface area contributed by atoms with E-state index in [0.29, 0.717) is 13.1 Å². The van der Waals surface area contributed by atoms with Gasteiger partial charge < -0.3 is 10.2 Å². The summed E-state index contributed by atoms with van der Waals surface area (Å²) in [6, 6.07) is 16.5. The molecular formula is C19H25N3O3S2. The van der Waals surface area contributed by atoms with Crippen LogP contribution in [0.25, 0.3) is 0 Å². The molecule has 0 saturated carbocycles. The van der Waals surface area contributed by atoms with E-state index in [1.165, 1.54) is 7.05 Å². The van der Waals surface area contributed by atoms with E-state index in [0.717, 1.165) is 14.9 Å². The van der Waals surface area contributed by atoms with Crippen molar-refractivity contribution in [2.24, 2.45) is 0 Å². The highest BCUT2D eigenvalue weighted by atomic mass is 32.2. The van der Waals surface area contributed by atoms with Gasteiger partial charge in [0.2, 0.25) is 15.9 Å². The van der Waals surface area contributed by atoms with Crippen LogP contribution in [0.2, 0.25) is 0 Å². The summed E-state index contributed by atoms with van der Waals surface area (Å²) in [6.07, 6.45) is 1.93. The van der Waals surface area contributed by atoms with Gasteiger partial charge in [-0.3, -0.25) is 4.79 Å². The Morgan fingerprint density at radius 2 is 1.67 bits per heavy atom. The molecule has 0 saturated heterocycles. The number of carbonyl (C=O) groups excluding carboxylic acids is 1. The third kappa shape index (κ3) is 5.98. The van der Waals surface area contributed by atoms with Crippen molar-refractivity contribution < 1.29 is 13.2 Å². The first-order valence-electron chi connectivity index (χ1n) is 8.48. The highest BCUT2D eigenvalue weighted by molar-refractivity contribution is 7.98. The second-order valence-electron chi connectivity index (χ2n) is 6.04. The van der Waals surface area contributed by atoms with Crippen molar-refractivity contribution >= 4 is 33.4 Å². The van der Waals surface area contributed by atoms with Crippen LogP contribution in [0.3, 0.4) is 0 Å². The van der Waals surface area contributed by atoms with Crippen LogP contribution in [-0.2, 0) is 14.8 Å². The number of thioether (sulfide) groups is 1. The number of para-hydroxylation sites is 1. The van der Waals surface area contributed by atoms with Crippen molar-refractivity contribution in [3.63, 3.8) is 0 Å². The predicted molar refractivity (Wildman–Crippen MR) is 111 cm³/mol. The van der Waals surface area contributed by atoms with E-state index in [1.54, 1.807) is 36.0 Å². The monoisotopic (exact) mass is 407 g/mol. The highest BCUT2D eigenvalue weighted by Crippen LogP contribution is 2.19. The largest absolute Gasteiger partial charge is 0.373 e. The van der Waals surface area contributed by atoms with E-state index < -0.39 is 10.0 Å². The van der Waals surface area contributed by atoms with Crippen LogP contribution in [-0.4, -0.2) is 58.6 Å². The lowest BCUT2D eigenvalue weighted by Gasteiger charge is -2.20. The second-order valence-corrected chi connectivity index (χ2v) is 8.97. The van der Waals surface area contributed by atoms with Gasteiger partial charge >= 0.3 is 0 Å². The molecule has 0 spiro atoms. The van der Waals surface area contributed by atoms with Gasteiger partial charge in [-0.1, -0.05) is 18.2 Å². The number of nitrogens with zero attached hydrogens (tertiary/aromatic N) is 2. The first kappa shape index (κ1) is 21.3. The molecule has 1 amide bonds. The zero-order valence-corrected chi connectivity index (χ0v) is 17.4. The lowest BCUT2D eigenvalue weighted by molar-refractivity contribution is -0.121. The molecule has 0 unspecified atom stereocenters. The standard InChI is InChI=1S/C19H25N3O3S2/c1-21(16-7-5-4-6-8-16)14-13-20-19(23)15-22(2)27(24,25)18-11-9-17(26-3)10-12-18/h4-12H,13-15H2,1-3H3,(H,20,23). The summed E-state index contributed by atoms with van der Waals surface area (Å²) < 4.78 is 26.2. The minimum atomic E-state index is -3.69. The van der Waals surface area contributed by atoms with E-state index in [-0.39, 0.29) is 17.3 Å². The quantitative estimate of drug-likeness (QED) is 0.646. The number of likely N-dealkylation sites (N-methyl/N-ethyl adjacent to an activating group) is 2. The molecule has 1 N–H and O–H groups in total. The van der Waals surface area contributed by atoms with Crippen molar-refractivity contribution in [1.29, 1.82) is 0 Å². The van der Waals surface area contributed by atoms with Crippen molar-refractivity contribution in [3.8, 4) is 0 Å². The Kier molecular flexibility index (Phi) is 7.70. The van der Waals surface area contributed by atoms with Gasteiger partial charge in [-0.15, -0.1) is 11.8 Å². The highest BCUT2D eigenvalue weighted by Gasteiger charge is 2.22. The summed E-state index contributed by atoms with van der Waals surface area (Å²) >= 11 is 1.54. The minimum Gasteiger partial charge on any atom is -0.373 e. The maximum absolute atomic E-state index is 12.6. The summed E-state index contributed by atoms with van der Waals surface area (Å²) in [5.74, 6) is -0.330. The van der Waals surface area contributed by atoms with Crippen LogP contribution >= 0.6 is 11.8 Å². The first-order valence-corrected chi connectivity index (χ1v) is 11.1. The summed E-state index contributed by atoms with van der Waals surface area (Å²) in [7, 11) is -0.340. The molecule has 0 atom stereocenters. The summed E-state index contributed by atoms with van der Waals surface area (Å²) in [5.41, 5.74) is 1.06. The summed E-state index contributed by atoms with van der Waals surface area (Å²) in [6.45, 7) is 0.838. The molecule has 0 aliphatic heterocycles. The van der Waals surface area contributed by atoms with Gasteiger partial charge in [0.15, 0.2) is 0 Å². The Morgan fingerprint density at radius 1 is 1.04 bits per heavy atom. The molecule has 27 heavy (non-hydrogen) atoms. The molecule has 2 aromatic rings. The molecule has 2 aromatic carbocycles.